The van der Waals surface area contributed by atoms with Gasteiger partial charge >= 0.3 is 6.03 Å². The number of anilines is 1. The van der Waals surface area contributed by atoms with Crippen molar-refractivity contribution in [3.63, 3.8) is 0 Å². The van der Waals surface area contributed by atoms with Crippen LogP contribution in [-0.4, -0.2) is 39.7 Å². The Balaban J connectivity index is 1.51. The van der Waals surface area contributed by atoms with Gasteiger partial charge < -0.3 is 15.5 Å². The maximum absolute atomic E-state index is 12.8. The minimum absolute atomic E-state index is 0.136. The van der Waals surface area contributed by atoms with Gasteiger partial charge in [0.1, 0.15) is 0 Å². The number of amides is 3. The molecule has 1 aromatic heterocycles. The predicted octanol–water partition coefficient (Wildman–Crippen LogP) is 3.36. The number of carbonyl (C=O) groups excluding carboxylic acids is 2. The molecule has 0 spiro atoms. The molecular formula is C22H23N5O2. The molecule has 0 aliphatic carbocycles. The number of hydrogen-bond donors (Lipinski definition) is 2. The number of nitrogens with zero attached hydrogens (tertiary/aromatic N) is 3. The molecule has 2 heterocycles. The zero-order chi connectivity index (χ0) is 20.1. The van der Waals surface area contributed by atoms with Crippen LogP contribution in [0.2, 0.25) is 0 Å². The van der Waals surface area contributed by atoms with E-state index in [0.29, 0.717) is 18.7 Å². The molecule has 0 saturated carbocycles. The van der Waals surface area contributed by atoms with Gasteiger partial charge in [0, 0.05) is 31.9 Å². The zero-order valence-electron chi connectivity index (χ0n) is 16.0. The SMILES string of the molecule is O=C(Nc1ccccc1-n1cccn1)NC(CN1CCCC1=O)c1ccccc1. The molecule has 0 radical (unpaired) electrons. The van der Waals surface area contributed by atoms with Crippen LogP contribution in [0.3, 0.4) is 0 Å². The van der Waals surface area contributed by atoms with Crippen molar-refractivity contribution in [1.82, 2.24) is 20.0 Å². The van der Waals surface area contributed by atoms with Crippen LogP contribution in [0.5, 0.6) is 0 Å². The molecule has 3 amide bonds. The molecule has 148 valence electrons. The summed E-state index contributed by atoms with van der Waals surface area (Å²) in [5.41, 5.74) is 2.39. The molecule has 7 heteroatoms. The standard InChI is InChI=1S/C22H23N5O2/c28-21-12-6-14-26(21)16-19(17-8-2-1-3-9-17)25-22(29)24-18-10-4-5-11-20(18)27-15-7-13-23-27/h1-5,7-11,13,15,19H,6,12,14,16H2,(H2,24,25,29). The summed E-state index contributed by atoms with van der Waals surface area (Å²) in [5.74, 6) is 0.136. The Bertz CT molecular complexity index is 972. The van der Waals surface area contributed by atoms with Gasteiger partial charge in [-0.15, -0.1) is 0 Å². The van der Waals surface area contributed by atoms with Gasteiger partial charge in [0.15, 0.2) is 0 Å². The van der Waals surface area contributed by atoms with Crippen LogP contribution in [0.25, 0.3) is 5.69 Å². The van der Waals surface area contributed by atoms with Crippen LogP contribution in [0, 0.1) is 0 Å². The molecule has 1 aliphatic heterocycles. The predicted molar refractivity (Wildman–Crippen MR) is 111 cm³/mol. The van der Waals surface area contributed by atoms with Crippen molar-refractivity contribution in [3.8, 4) is 5.69 Å². The van der Waals surface area contributed by atoms with Crippen LogP contribution in [-0.2, 0) is 4.79 Å². The lowest BCUT2D eigenvalue weighted by molar-refractivity contribution is -0.128. The lowest BCUT2D eigenvalue weighted by atomic mass is 10.1. The van der Waals surface area contributed by atoms with Crippen LogP contribution in [0.1, 0.15) is 24.4 Å². The van der Waals surface area contributed by atoms with E-state index in [4.69, 9.17) is 0 Å². The van der Waals surface area contributed by atoms with Gasteiger partial charge in [-0.05, 0) is 30.2 Å². The summed E-state index contributed by atoms with van der Waals surface area (Å²) in [7, 11) is 0. The third-order valence-corrected chi connectivity index (χ3v) is 4.99. The normalized spacial score (nSPS) is 14.6. The van der Waals surface area contributed by atoms with E-state index in [-0.39, 0.29) is 18.0 Å². The van der Waals surface area contributed by atoms with Crippen LogP contribution >= 0.6 is 0 Å². The number of hydrogen-bond acceptors (Lipinski definition) is 3. The Labute approximate surface area is 169 Å². The second-order valence-corrected chi connectivity index (χ2v) is 6.97. The van der Waals surface area contributed by atoms with E-state index in [1.54, 1.807) is 10.9 Å². The summed E-state index contributed by atoms with van der Waals surface area (Å²) in [6.07, 6.45) is 4.95. The van der Waals surface area contributed by atoms with Crippen molar-refractivity contribution >= 4 is 17.6 Å². The topological polar surface area (TPSA) is 79.3 Å². The van der Waals surface area contributed by atoms with Gasteiger partial charge in [-0.1, -0.05) is 42.5 Å². The monoisotopic (exact) mass is 389 g/mol. The first-order valence-corrected chi connectivity index (χ1v) is 9.70. The highest BCUT2D eigenvalue weighted by molar-refractivity contribution is 5.91. The van der Waals surface area contributed by atoms with Crippen LogP contribution in [0.15, 0.2) is 73.1 Å². The van der Waals surface area contributed by atoms with E-state index in [0.717, 1.165) is 24.2 Å². The Hall–Kier alpha value is -3.61. The molecular weight excluding hydrogens is 366 g/mol. The summed E-state index contributed by atoms with van der Waals surface area (Å²) in [5, 5.41) is 10.2. The van der Waals surface area contributed by atoms with Crippen molar-refractivity contribution in [2.24, 2.45) is 0 Å². The smallest absolute Gasteiger partial charge is 0.319 e. The summed E-state index contributed by atoms with van der Waals surface area (Å²) in [4.78, 5) is 26.7. The Morgan fingerprint density at radius 1 is 1.07 bits per heavy atom. The first-order valence-electron chi connectivity index (χ1n) is 9.70. The molecule has 4 rings (SSSR count). The third kappa shape index (κ3) is 4.45. The molecule has 1 saturated heterocycles. The highest BCUT2D eigenvalue weighted by Crippen LogP contribution is 2.21. The van der Waals surface area contributed by atoms with Gasteiger partial charge in [0.25, 0.3) is 0 Å². The number of aromatic nitrogens is 2. The fourth-order valence-electron chi connectivity index (χ4n) is 3.54. The second kappa shape index (κ2) is 8.60. The summed E-state index contributed by atoms with van der Waals surface area (Å²) in [6, 6.07) is 18.4. The minimum Gasteiger partial charge on any atom is -0.340 e. The maximum atomic E-state index is 12.8. The lowest BCUT2D eigenvalue weighted by Crippen LogP contribution is -2.40. The highest BCUT2D eigenvalue weighted by Gasteiger charge is 2.25. The quantitative estimate of drug-likeness (QED) is 0.678. The number of carbonyl (C=O) groups is 2. The van der Waals surface area contributed by atoms with Crippen molar-refractivity contribution in [2.75, 3.05) is 18.4 Å². The zero-order valence-corrected chi connectivity index (χ0v) is 16.0. The summed E-state index contributed by atoms with van der Waals surface area (Å²) in [6.45, 7) is 1.19. The molecule has 3 aromatic rings. The molecule has 29 heavy (non-hydrogen) atoms. The van der Waals surface area contributed by atoms with E-state index >= 15 is 0 Å². The first kappa shape index (κ1) is 18.7. The van der Waals surface area contributed by atoms with Crippen LogP contribution in [0.4, 0.5) is 10.5 Å². The van der Waals surface area contributed by atoms with E-state index in [2.05, 4.69) is 15.7 Å². The molecule has 1 aliphatic rings. The van der Waals surface area contributed by atoms with E-state index < -0.39 is 0 Å². The van der Waals surface area contributed by atoms with E-state index in [1.807, 2.05) is 71.8 Å². The highest BCUT2D eigenvalue weighted by atomic mass is 16.2. The van der Waals surface area contributed by atoms with Gasteiger partial charge in [0.05, 0.1) is 17.4 Å². The Morgan fingerprint density at radius 3 is 2.59 bits per heavy atom. The molecule has 1 atom stereocenters. The van der Waals surface area contributed by atoms with Gasteiger partial charge in [0.2, 0.25) is 5.91 Å². The van der Waals surface area contributed by atoms with Crippen molar-refractivity contribution in [3.05, 3.63) is 78.6 Å². The number of benzene rings is 2. The number of urea groups is 1. The third-order valence-electron chi connectivity index (χ3n) is 4.99. The molecule has 2 N–H and O–H groups in total. The summed E-state index contributed by atoms with van der Waals surface area (Å²) >= 11 is 0. The molecule has 1 unspecified atom stereocenters. The number of para-hydroxylation sites is 2. The fourth-order valence-corrected chi connectivity index (χ4v) is 3.54. The van der Waals surface area contributed by atoms with Crippen molar-refractivity contribution in [2.45, 2.75) is 18.9 Å². The average molecular weight is 389 g/mol. The largest absolute Gasteiger partial charge is 0.340 e. The summed E-state index contributed by atoms with van der Waals surface area (Å²) < 4.78 is 1.70. The van der Waals surface area contributed by atoms with Crippen molar-refractivity contribution in [1.29, 1.82) is 0 Å². The molecule has 0 bridgehead atoms. The van der Waals surface area contributed by atoms with Gasteiger partial charge in [-0.2, -0.15) is 5.10 Å². The maximum Gasteiger partial charge on any atom is 0.319 e. The van der Waals surface area contributed by atoms with Gasteiger partial charge in [-0.25, -0.2) is 9.48 Å². The lowest BCUT2D eigenvalue weighted by Gasteiger charge is -2.25. The minimum atomic E-state index is -0.329. The fraction of sp³-hybridized carbons (Fsp3) is 0.227. The molecule has 1 fully saturated rings. The van der Waals surface area contributed by atoms with Crippen molar-refractivity contribution < 1.29 is 9.59 Å². The number of nitrogens with one attached hydrogen (secondary N) is 2. The molecule has 2 aromatic carbocycles. The van der Waals surface area contributed by atoms with E-state index in [9.17, 15) is 9.59 Å². The second-order valence-electron chi connectivity index (χ2n) is 6.97. The average Bonchev–Trinajstić information content (AvgIpc) is 3.41. The molecule has 7 nitrogen and oxygen atoms in total. The first-order chi connectivity index (χ1) is 14.2. The number of rotatable bonds is 6. The number of likely N-dealkylation sites (tertiary alicyclic amines) is 1. The Kier molecular flexibility index (Phi) is 5.56. The van der Waals surface area contributed by atoms with Gasteiger partial charge in [-0.3, -0.25) is 4.79 Å². The van der Waals surface area contributed by atoms with E-state index in [1.165, 1.54) is 0 Å². The Morgan fingerprint density at radius 2 is 1.86 bits per heavy atom. The van der Waals surface area contributed by atoms with Crippen LogP contribution < -0.4 is 10.6 Å².